The van der Waals surface area contributed by atoms with Gasteiger partial charge < -0.3 is 5.32 Å². The Kier molecular flexibility index (Phi) is 4.24. The van der Waals surface area contributed by atoms with Crippen LogP contribution in [0.2, 0.25) is 0 Å². The maximum Gasteiger partial charge on any atom is 0.416 e. The fourth-order valence-corrected chi connectivity index (χ4v) is 2.31. The average molecular weight is 271 g/mol. The zero-order valence-corrected chi connectivity index (χ0v) is 10.5. The molecule has 1 aromatic carbocycles. The Morgan fingerprint density at radius 3 is 2.74 bits per heavy atom. The number of Topliss-reactive ketones (excluding diaryl/α,β-unsaturated/α-hetero) is 1. The summed E-state index contributed by atoms with van der Waals surface area (Å²) in [6.07, 6.45) is -1.49. The molecule has 0 amide bonds. The highest BCUT2D eigenvalue weighted by Gasteiger charge is 2.30. The van der Waals surface area contributed by atoms with Crippen LogP contribution in [0.25, 0.3) is 0 Å². The van der Waals surface area contributed by atoms with E-state index in [4.69, 9.17) is 0 Å². The number of nitrogens with one attached hydrogen (secondary N) is 1. The second kappa shape index (κ2) is 5.74. The Balaban J connectivity index is 2.04. The molecule has 1 aliphatic rings. The zero-order valence-electron chi connectivity index (χ0n) is 10.5. The molecule has 1 aliphatic heterocycles. The summed E-state index contributed by atoms with van der Waals surface area (Å²) in [5.41, 5.74) is -0.276. The van der Waals surface area contributed by atoms with Gasteiger partial charge in [-0.05, 0) is 31.0 Å². The van der Waals surface area contributed by atoms with E-state index in [0.29, 0.717) is 5.56 Å². The number of rotatable bonds is 3. The van der Waals surface area contributed by atoms with E-state index < -0.39 is 11.7 Å². The van der Waals surface area contributed by atoms with Gasteiger partial charge in [0, 0.05) is 6.42 Å². The van der Waals surface area contributed by atoms with Crippen LogP contribution in [0.5, 0.6) is 0 Å². The molecule has 0 aliphatic carbocycles. The molecule has 1 unspecified atom stereocenters. The zero-order chi connectivity index (χ0) is 13.9. The Morgan fingerprint density at radius 1 is 1.32 bits per heavy atom. The lowest BCUT2D eigenvalue weighted by Gasteiger charge is -2.22. The van der Waals surface area contributed by atoms with Crippen LogP contribution >= 0.6 is 0 Å². The maximum atomic E-state index is 12.6. The first-order valence-electron chi connectivity index (χ1n) is 6.39. The van der Waals surface area contributed by atoms with Crippen LogP contribution in [0.15, 0.2) is 24.3 Å². The van der Waals surface area contributed by atoms with Gasteiger partial charge in [-0.15, -0.1) is 0 Å². The van der Waals surface area contributed by atoms with E-state index in [1.165, 1.54) is 6.07 Å². The summed E-state index contributed by atoms with van der Waals surface area (Å²) in [6, 6.07) is 4.78. The predicted octanol–water partition coefficient (Wildman–Crippen LogP) is 2.96. The first-order chi connectivity index (χ1) is 8.97. The molecule has 1 N–H and O–H groups in total. The molecular weight excluding hydrogens is 255 g/mol. The van der Waals surface area contributed by atoms with E-state index in [0.717, 1.165) is 37.9 Å². The minimum Gasteiger partial charge on any atom is -0.307 e. The normalized spacial score (nSPS) is 20.3. The SMILES string of the molecule is O=C(Cc1cccc(C(F)(F)F)c1)C1CCCCN1. The van der Waals surface area contributed by atoms with Crippen molar-refractivity contribution in [3.63, 3.8) is 0 Å². The van der Waals surface area contributed by atoms with E-state index in [1.807, 2.05) is 0 Å². The Morgan fingerprint density at radius 2 is 2.11 bits per heavy atom. The van der Waals surface area contributed by atoms with Crippen molar-refractivity contribution >= 4 is 5.78 Å². The summed E-state index contributed by atoms with van der Waals surface area (Å²) >= 11 is 0. The molecular formula is C14H16F3NO. The summed E-state index contributed by atoms with van der Waals surface area (Å²) in [7, 11) is 0. The molecule has 0 radical (unpaired) electrons. The van der Waals surface area contributed by atoms with Gasteiger partial charge in [-0.2, -0.15) is 13.2 Å². The Hall–Kier alpha value is -1.36. The molecule has 2 rings (SSSR count). The average Bonchev–Trinajstić information content (AvgIpc) is 2.39. The van der Waals surface area contributed by atoms with E-state index in [2.05, 4.69) is 5.32 Å². The largest absolute Gasteiger partial charge is 0.416 e. The van der Waals surface area contributed by atoms with Gasteiger partial charge >= 0.3 is 6.18 Å². The number of piperidine rings is 1. The van der Waals surface area contributed by atoms with Crippen LogP contribution < -0.4 is 5.32 Å². The monoisotopic (exact) mass is 271 g/mol. The first-order valence-corrected chi connectivity index (χ1v) is 6.39. The number of halogens is 3. The van der Waals surface area contributed by atoms with Gasteiger partial charge in [0.2, 0.25) is 0 Å². The van der Waals surface area contributed by atoms with Gasteiger partial charge in [-0.3, -0.25) is 4.79 Å². The van der Waals surface area contributed by atoms with Crippen molar-refractivity contribution < 1.29 is 18.0 Å². The predicted molar refractivity (Wildman–Crippen MR) is 65.8 cm³/mol. The van der Waals surface area contributed by atoms with E-state index in [1.54, 1.807) is 6.07 Å². The third-order valence-electron chi connectivity index (χ3n) is 3.33. The molecule has 1 saturated heterocycles. The van der Waals surface area contributed by atoms with Crippen molar-refractivity contribution in [2.75, 3.05) is 6.54 Å². The molecule has 1 atom stereocenters. The molecule has 1 aromatic rings. The van der Waals surface area contributed by atoms with Crippen molar-refractivity contribution in [3.05, 3.63) is 35.4 Å². The minimum atomic E-state index is -4.36. The molecule has 2 nitrogen and oxygen atoms in total. The molecule has 19 heavy (non-hydrogen) atoms. The first kappa shape index (κ1) is 14.1. The lowest BCUT2D eigenvalue weighted by Crippen LogP contribution is -2.41. The summed E-state index contributed by atoms with van der Waals surface area (Å²) in [5.74, 6) is -0.0287. The van der Waals surface area contributed by atoms with E-state index >= 15 is 0 Å². The Bertz CT molecular complexity index is 450. The van der Waals surface area contributed by atoms with Crippen LogP contribution in [0, 0.1) is 0 Å². The van der Waals surface area contributed by atoms with Gasteiger partial charge in [0.05, 0.1) is 11.6 Å². The standard InChI is InChI=1S/C14H16F3NO/c15-14(16,17)11-5-3-4-10(8-11)9-13(19)12-6-1-2-7-18-12/h3-5,8,12,18H,1-2,6-7,9H2. The van der Waals surface area contributed by atoms with Crippen molar-refractivity contribution in [1.29, 1.82) is 0 Å². The van der Waals surface area contributed by atoms with Gasteiger partial charge in [0.1, 0.15) is 0 Å². The highest BCUT2D eigenvalue weighted by atomic mass is 19.4. The minimum absolute atomic E-state index is 0.0287. The second-order valence-electron chi connectivity index (χ2n) is 4.84. The number of carbonyl (C=O) groups excluding carboxylic acids is 1. The van der Waals surface area contributed by atoms with Crippen LogP contribution in [0.1, 0.15) is 30.4 Å². The molecule has 104 valence electrons. The molecule has 1 fully saturated rings. The smallest absolute Gasteiger partial charge is 0.307 e. The number of alkyl halides is 3. The molecule has 1 heterocycles. The van der Waals surface area contributed by atoms with Crippen LogP contribution in [0.3, 0.4) is 0 Å². The molecule has 0 aromatic heterocycles. The summed E-state index contributed by atoms with van der Waals surface area (Å²) in [5, 5.41) is 3.11. The van der Waals surface area contributed by atoms with Gasteiger partial charge in [0.25, 0.3) is 0 Å². The van der Waals surface area contributed by atoms with E-state index in [-0.39, 0.29) is 18.2 Å². The van der Waals surface area contributed by atoms with Crippen LogP contribution in [0.4, 0.5) is 13.2 Å². The van der Waals surface area contributed by atoms with Crippen molar-refractivity contribution in [3.8, 4) is 0 Å². The highest BCUT2D eigenvalue weighted by molar-refractivity contribution is 5.86. The lowest BCUT2D eigenvalue weighted by atomic mass is 9.96. The number of benzene rings is 1. The van der Waals surface area contributed by atoms with E-state index in [9.17, 15) is 18.0 Å². The quantitative estimate of drug-likeness (QED) is 0.915. The van der Waals surface area contributed by atoms with Crippen LogP contribution in [-0.4, -0.2) is 18.4 Å². The van der Waals surface area contributed by atoms with Gasteiger partial charge in [-0.1, -0.05) is 24.6 Å². The lowest BCUT2D eigenvalue weighted by molar-refractivity contribution is -0.137. The second-order valence-corrected chi connectivity index (χ2v) is 4.84. The number of hydrogen-bond acceptors (Lipinski definition) is 2. The fourth-order valence-electron chi connectivity index (χ4n) is 2.31. The summed E-state index contributed by atoms with van der Waals surface area (Å²) in [6.45, 7) is 0.805. The Labute approximate surface area is 110 Å². The number of ketones is 1. The highest BCUT2D eigenvalue weighted by Crippen LogP contribution is 2.29. The third kappa shape index (κ3) is 3.80. The van der Waals surface area contributed by atoms with Gasteiger partial charge in [0.15, 0.2) is 5.78 Å². The molecule has 5 heteroatoms. The van der Waals surface area contributed by atoms with Crippen molar-refractivity contribution in [2.45, 2.75) is 37.9 Å². The van der Waals surface area contributed by atoms with Crippen LogP contribution in [-0.2, 0) is 17.4 Å². The summed E-state index contributed by atoms with van der Waals surface area (Å²) in [4.78, 5) is 12.0. The fraction of sp³-hybridized carbons (Fsp3) is 0.500. The third-order valence-corrected chi connectivity index (χ3v) is 3.33. The molecule has 0 saturated carbocycles. The summed E-state index contributed by atoms with van der Waals surface area (Å²) < 4.78 is 37.7. The number of hydrogen-bond donors (Lipinski definition) is 1. The molecule has 0 bridgehead atoms. The number of carbonyl (C=O) groups is 1. The topological polar surface area (TPSA) is 29.1 Å². The van der Waals surface area contributed by atoms with Crippen molar-refractivity contribution in [1.82, 2.24) is 5.32 Å². The molecule has 0 spiro atoms. The van der Waals surface area contributed by atoms with Crippen molar-refractivity contribution in [2.24, 2.45) is 0 Å². The van der Waals surface area contributed by atoms with Gasteiger partial charge in [-0.25, -0.2) is 0 Å². The maximum absolute atomic E-state index is 12.6.